The lowest BCUT2D eigenvalue weighted by Crippen LogP contribution is -2.48. The maximum absolute atomic E-state index is 6.10. The summed E-state index contributed by atoms with van der Waals surface area (Å²) in [5.41, 5.74) is 19.1. The van der Waals surface area contributed by atoms with Crippen LogP contribution >= 0.6 is 11.8 Å². The minimum Gasteiger partial charge on any atom is -0.484 e. The van der Waals surface area contributed by atoms with Gasteiger partial charge in [-0.2, -0.15) is 0 Å². The molecule has 6 N–H and O–H groups in total. The van der Waals surface area contributed by atoms with Gasteiger partial charge in [0, 0.05) is 5.69 Å². The molecule has 1 aliphatic heterocycles. The molecule has 5 heteroatoms. The third-order valence-corrected chi connectivity index (χ3v) is 3.99. The zero-order valence-electron chi connectivity index (χ0n) is 8.78. The third-order valence-electron chi connectivity index (χ3n) is 2.60. The summed E-state index contributed by atoms with van der Waals surface area (Å²) in [5.74, 6) is 0.662. The molecule has 1 heterocycles. The second kappa shape index (κ2) is 3.21. The molecule has 1 aromatic carbocycles. The number of rotatable bonds is 0. The summed E-state index contributed by atoms with van der Waals surface area (Å²) in [7, 11) is 0. The van der Waals surface area contributed by atoms with Gasteiger partial charge in [-0.3, -0.25) is 0 Å². The van der Waals surface area contributed by atoms with E-state index in [0.717, 1.165) is 4.90 Å². The van der Waals surface area contributed by atoms with E-state index in [0.29, 0.717) is 17.1 Å². The van der Waals surface area contributed by atoms with E-state index in [1.165, 1.54) is 11.8 Å². The number of hydrogen-bond donors (Lipinski definition) is 3. The van der Waals surface area contributed by atoms with Gasteiger partial charge in [0.25, 0.3) is 0 Å². The van der Waals surface area contributed by atoms with E-state index in [2.05, 4.69) is 0 Å². The monoisotopic (exact) mass is 225 g/mol. The molecule has 0 bridgehead atoms. The van der Waals surface area contributed by atoms with Crippen molar-refractivity contribution in [3.05, 3.63) is 12.1 Å². The molecule has 2 rings (SSSR count). The van der Waals surface area contributed by atoms with Crippen LogP contribution in [0, 0.1) is 0 Å². The number of nitrogen functional groups attached to an aromatic ring is 2. The summed E-state index contributed by atoms with van der Waals surface area (Å²) < 4.78 is 5.71. The van der Waals surface area contributed by atoms with Crippen LogP contribution in [0.3, 0.4) is 0 Å². The number of thioether (sulfide) groups is 1. The summed E-state index contributed by atoms with van der Waals surface area (Å²) in [6.07, 6.45) is -0.0981. The lowest BCUT2D eigenvalue weighted by atomic mass is 10.2. The van der Waals surface area contributed by atoms with Crippen LogP contribution in [0.1, 0.15) is 13.8 Å². The number of anilines is 2. The van der Waals surface area contributed by atoms with Gasteiger partial charge in [-0.05, 0) is 26.0 Å². The molecule has 4 nitrogen and oxygen atoms in total. The average Bonchev–Trinajstić information content (AvgIpc) is 2.15. The first-order valence-electron chi connectivity index (χ1n) is 4.74. The molecule has 2 atom stereocenters. The van der Waals surface area contributed by atoms with Crippen LogP contribution in [0.15, 0.2) is 17.0 Å². The maximum atomic E-state index is 6.10. The largest absolute Gasteiger partial charge is 0.484 e. The Labute approximate surface area is 93.1 Å². The van der Waals surface area contributed by atoms with E-state index in [1.54, 1.807) is 12.1 Å². The number of nitrogens with two attached hydrogens (primary N) is 3. The van der Waals surface area contributed by atoms with Gasteiger partial charge in [0.1, 0.15) is 11.0 Å². The van der Waals surface area contributed by atoms with Gasteiger partial charge < -0.3 is 21.9 Å². The van der Waals surface area contributed by atoms with Crippen molar-refractivity contribution in [2.24, 2.45) is 5.73 Å². The first kappa shape index (κ1) is 10.4. The van der Waals surface area contributed by atoms with Crippen molar-refractivity contribution in [3.8, 4) is 5.75 Å². The summed E-state index contributed by atoms with van der Waals surface area (Å²) in [6, 6.07) is 3.53. The Bertz CT molecular complexity index is 406. The highest BCUT2D eigenvalue weighted by Gasteiger charge is 2.37. The Kier molecular flexibility index (Phi) is 2.24. The maximum Gasteiger partial charge on any atom is 0.158 e. The Morgan fingerprint density at radius 3 is 2.60 bits per heavy atom. The van der Waals surface area contributed by atoms with Gasteiger partial charge in [-0.15, -0.1) is 0 Å². The van der Waals surface area contributed by atoms with E-state index in [1.807, 2.05) is 13.8 Å². The first-order chi connectivity index (χ1) is 6.92. The Balaban J connectivity index is 2.54. The zero-order chi connectivity index (χ0) is 11.2. The molecule has 0 spiro atoms. The highest BCUT2D eigenvalue weighted by Crippen LogP contribution is 2.48. The van der Waals surface area contributed by atoms with Crippen molar-refractivity contribution in [2.45, 2.75) is 29.7 Å². The molecule has 0 aliphatic carbocycles. The predicted octanol–water partition coefficient (Wildman–Crippen LogP) is 1.40. The van der Waals surface area contributed by atoms with Crippen molar-refractivity contribution in [1.29, 1.82) is 0 Å². The van der Waals surface area contributed by atoms with E-state index < -0.39 is 4.87 Å². The second-order valence-electron chi connectivity index (χ2n) is 3.95. The molecule has 0 saturated carbocycles. The minimum atomic E-state index is -0.477. The molecule has 0 saturated heterocycles. The van der Waals surface area contributed by atoms with Crippen LogP contribution in [-0.2, 0) is 0 Å². The molecule has 2 unspecified atom stereocenters. The van der Waals surface area contributed by atoms with E-state index in [9.17, 15) is 0 Å². The van der Waals surface area contributed by atoms with Crippen molar-refractivity contribution >= 4 is 23.1 Å². The van der Waals surface area contributed by atoms with Gasteiger partial charge in [-0.1, -0.05) is 11.8 Å². The van der Waals surface area contributed by atoms with E-state index in [-0.39, 0.29) is 6.10 Å². The average molecular weight is 225 g/mol. The van der Waals surface area contributed by atoms with Gasteiger partial charge >= 0.3 is 0 Å². The molecule has 0 aromatic heterocycles. The summed E-state index contributed by atoms with van der Waals surface area (Å²) in [5, 5.41) is 0. The molecule has 82 valence electrons. The van der Waals surface area contributed by atoms with Gasteiger partial charge in [0.2, 0.25) is 0 Å². The zero-order valence-corrected chi connectivity index (χ0v) is 9.60. The predicted molar refractivity (Wildman–Crippen MR) is 63.8 cm³/mol. The normalized spacial score (nSPS) is 29.4. The smallest absolute Gasteiger partial charge is 0.158 e. The lowest BCUT2D eigenvalue weighted by Gasteiger charge is -2.37. The minimum absolute atomic E-state index is 0.0981. The SMILES string of the molecule is CC1Oc2c(N)ccc(N)c2SC1(C)N. The van der Waals surface area contributed by atoms with Crippen LogP contribution in [0.25, 0.3) is 0 Å². The highest BCUT2D eigenvalue weighted by atomic mass is 32.2. The quantitative estimate of drug-likeness (QED) is 0.581. The molecule has 0 fully saturated rings. The van der Waals surface area contributed by atoms with Crippen LogP contribution in [0.4, 0.5) is 11.4 Å². The number of fused-ring (bicyclic) bond motifs is 1. The molecule has 1 aliphatic rings. The standard InChI is InChI=1S/C10H15N3OS/c1-5-10(2,13)15-9-7(12)4-3-6(11)8(9)14-5/h3-5H,11-13H2,1-2H3. The van der Waals surface area contributed by atoms with Crippen molar-refractivity contribution in [2.75, 3.05) is 11.5 Å². The van der Waals surface area contributed by atoms with Crippen molar-refractivity contribution in [3.63, 3.8) is 0 Å². The highest BCUT2D eigenvalue weighted by molar-refractivity contribution is 8.01. The van der Waals surface area contributed by atoms with Crippen LogP contribution in [-0.4, -0.2) is 11.0 Å². The molecule has 1 aromatic rings. The summed E-state index contributed by atoms with van der Waals surface area (Å²) >= 11 is 1.51. The fraction of sp³-hybridized carbons (Fsp3) is 0.400. The van der Waals surface area contributed by atoms with Gasteiger partial charge in [0.15, 0.2) is 5.75 Å². The van der Waals surface area contributed by atoms with Crippen LogP contribution in [0.2, 0.25) is 0 Å². The summed E-state index contributed by atoms with van der Waals surface area (Å²) in [6.45, 7) is 3.85. The van der Waals surface area contributed by atoms with Crippen molar-refractivity contribution in [1.82, 2.24) is 0 Å². The fourth-order valence-electron chi connectivity index (χ4n) is 1.42. The lowest BCUT2D eigenvalue weighted by molar-refractivity contribution is 0.172. The van der Waals surface area contributed by atoms with Crippen molar-refractivity contribution < 1.29 is 4.74 Å². The van der Waals surface area contributed by atoms with Crippen LogP contribution in [0.5, 0.6) is 5.75 Å². The Morgan fingerprint density at radius 2 is 1.93 bits per heavy atom. The Morgan fingerprint density at radius 1 is 1.33 bits per heavy atom. The number of hydrogen-bond acceptors (Lipinski definition) is 5. The van der Waals surface area contributed by atoms with Crippen LogP contribution < -0.4 is 21.9 Å². The number of benzene rings is 1. The van der Waals surface area contributed by atoms with E-state index >= 15 is 0 Å². The number of ether oxygens (including phenoxy) is 1. The Hall–Kier alpha value is -1.07. The first-order valence-corrected chi connectivity index (χ1v) is 5.56. The molecule has 15 heavy (non-hydrogen) atoms. The molecule has 0 amide bonds. The molecule has 0 radical (unpaired) electrons. The fourth-order valence-corrected chi connectivity index (χ4v) is 2.52. The molecular weight excluding hydrogens is 210 g/mol. The van der Waals surface area contributed by atoms with Gasteiger partial charge in [0.05, 0.1) is 10.6 Å². The summed E-state index contributed by atoms with van der Waals surface area (Å²) in [4.78, 5) is 0.368. The topological polar surface area (TPSA) is 87.3 Å². The second-order valence-corrected chi connectivity index (χ2v) is 5.44. The van der Waals surface area contributed by atoms with Gasteiger partial charge in [-0.25, -0.2) is 0 Å². The third kappa shape index (κ3) is 1.61. The molecular formula is C10H15N3OS. The van der Waals surface area contributed by atoms with E-state index in [4.69, 9.17) is 21.9 Å².